The summed E-state index contributed by atoms with van der Waals surface area (Å²) in [6.07, 6.45) is 6.63. The molecule has 0 bridgehead atoms. The Morgan fingerprint density at radius 2 is 2.27 bits per heavy atom. The van der Waals surface area contributed by atoms with Gasteiger partial charge in [-0.25, -0.2) is 4.39 Å². The van der Waals surface area contributed by atoms with Gasteiger partial charge >= 0.3 is 0 Å². The van der Waals surface area contributed by atoms with Crippen molar-refractivity contribution in [2.75, 3.05) is 11.9 Å². The number of anilines is 1. The second-order valence-corrected chi connectivity index (χ2v) is 3.04. The summed E-state index contributed by atoms with van der Waals surface area (Å²) in [5.74, 6) is 2.12. The molecule has 3 heteroatoms. The summed E-state index contributed by atoms with van der Waals surface area (Å²) in [5.41, 5.74) is 0.964. The maximum absolute atomic E-state index is 12.8. The minimum atomic E-state index is -0.402. The zero-order valence-electron chi connectivity index (χ0n) is 8.26. The van der Waals surface area contributed by atoms with E-state index in [9.17, 15) is 4.39 Å². The van der Waals surface area contributed by atoms with Crippen molar-refractivity contribution in [3.63, 3.8) is 0 Å². The number of nitrogens with one attached hydrogen (secondary N) is 1. The number of terminal acetylenes is 1. The van der Waals surface area contributed by atoms with Gasteiger partial charge in [0, 0.05) is 13.0 Å². The summed E-state index contributed by atoms with van der Waals surface area (Å²) < 4.78 is 12.8. The molecule has 0 aliphatic rings. The molecule has 1 aromatic rings. The average molecular weight is 202 g/mol. The van der Waals surface area contributed by atoms with E-state index in [0.717, 1.165) is 6.42 Å². The molecule has 0 unspecified atom stereocenters. The summed E-state index contributed by atoms with van der Waals surface area (Å²) in [6, 6.07) is 6.03. The van der Waals surface area contributed by atoms with E-state index in [1.54, 1.807) is 6.07 Å². The molecule has 0 aliphatic carbocycles. The van der Waals surface area contributed by atoms with Crippen LogP contribution in [0, 0.1) is 29.5 Å². The van der Waals surface area contributed by atoms with Crippen LogP contribution in [0.3, 0.4) is 0 Å². The highest BCUT2D eigenvalue weighted by Gasteiger charge is 2.02. The van der Waals surface area contributed by atoms with Crippen LogP contribution in [0.4, 0.5) is 10.1 Å². The SMILES string of the molecule is C#CCCCNc1ccc(F)cc1C#N. The van der Waals surface area contributed by atoms with Gasteiger partial charge in [0.25, 0.3) is 0 Å². The van der Waals surface area contributed by atoms with Crippen LogP contribution in [-0.2, 0) is 0 Å². The molecular formula is C12H11FN2. The Balaban J connectivity index is 2.62. The summed E-state index contributed by atoms with van der Waals surface area (Å²) in [7, 11) is 0. The molecule has 0 aliphatic heterocycles. The van der Waals surface area contributed by atoms with Crippen LogP contribution in [0.1, 0.15) is 18.4 Å². The van der Waals surface area contributed by atoms with E-state index in [1.807, 2.05) is 6.07 Å². The van der Waals surface area contributed by atoms with E-state index < -0.39 is 5.82 Å². The van der Waals surface area contributed by atoms with Gasteiger partial charge in [-0.2, -0.15) is 5.26 Å². The van der Waals surface area contributed by atoms with Crippen molar-refractivity contribution in [1.29, 1.82) is 5.26 Å². The average Bonchev–Trinajstić information content (AvgIpc) is 2.26. The van der Waals surface area contributed by atoms with Crippen molar-refractivity contribution in [1.82, 2.24) is 0 Å². The Morgan fingerprint density at radius 1 is 1.47 bits per heavy atom. The molecule has 0 spiro atoms. The van der Waals surface area contributed by atoms with Gasteiger partial charge < -0.3 is 5.32 Å². The lowest BCUT2D eigenvalue weighted by Gasteiger charge is -2.06. The van der Waals surface area contributed by atoms with Gasteiger partial charge in [-0.15, -0.1) is 12.3 Å². The third kappa shape index (κ3) is 3.32. The molecule has 0 aromatic heterocycles. The molecule has 76 valence electrons. The van der Waals surface area contributed by atoms with Crippen LogP contribution in [-0.4, -0.2) is 6.54 Å². The van der Waals surface area contributed by atoms with Gasteiger partial charge in [-0.05, 0) is 24.6 Å². The number of nitrogens with zero attached hydrogens (tertiary/aromatic N) is 1. The Morgan fingerprint density at radius 3 is 2.93 bits per heavy atom. The minimum Gasteiger partial charge on any atom is -0.384 e. The first kappa shape index (κ1) is 11.1. The number of halogens is 1. The van der Waals surface area contributed by atoms with Gasteiger partial charge in [0.2, 0.25) is 0 Å². The highest BCUT2D eigenvalue weighted by atomic mass is 19.1. The smallest absolute Gasteiger partial charge is 0.124 e. The summed E-state index contributed by atoms with van der Waals surface area (Å²) in [4.78, 5) is 0. The third-order valence-electron chi connectivity index (χ3n) is 1.92. The van der Waals surface area contributed by atoms with Gasteiger partial charge in [0.15, 0.2) is 0 Å². The van der Waals surface area contributed by atoms with Crippen LogP contribution < -0.4 is 5.32 Å². The molecule has 0 radical (unpaired) electrons. The van der Waals surface area contributed by atoms with Crippen molar-refractivity contribution < 1.29 is 4.39 Å². The first-order valence-corrected chi connectivity index (χ1v) is 4.65. The maximum Gasteiger partial charge on any atom is 0.124 e. The van der Waals surface area contributed by atoms with E-state index in [0.29, 0.717) is 24.2 Å². The minimum absolute atomic E-state index is 0.315. The fourth-order valence-electron chi connectivity index (χ4n) is 1.18. The van der Waals surface area contributed by atoms with E-state index in [4.69, 9.17) is 11.7 Å². The summed E-state index contributed by atoms with van der Waals surface area (Å²) >= 11 is 0. The number of hydrogen-bond donors (Lipinski definition) is 1. The Bertz CT molecular complexity index is 413. The number of hydrogen-bond acceptors (Lipinski definition) is 2. The lowest BCUT2D eigenvalue weighted by Crippen LogP contribution is -2.03. The molecule has 0 fully saturated rings. The van der Waals surface area contributed by atoms with Crippen LogP contribution >= 0.6 is 0 Å². The molecule has 0 heterocycles. The standard InChI is InChI=1S/C12H11FN2/c1-2-3-4-7-15-12-6-5-11(13)8-10(12)9-14/h1,5-6,8,15H,3-4,7H2. The number of nitriles is 1. The normalized spacial score (nSPS) is 9.00. The van der Waals surface area contributed by atoms with Crippen molar-refractivity contribution in [3.05, 3.63) is 29.6 Å². The molecule has 0 amide bonds. The monoisotopic (exact) mass is 202 g/mol. The van der Waals surface area contributed by atoms with Crippen molar-refractivity contribution in [2.24, 2.45) is 0 Å². The molecule has 1 aromatic carbocycles. The topological polar surface area (TPSA) is 35.8 Å². The van der Waals surface area contributed by atoms with Crippen LogP contribution in [0.25, 0.3) is 0 Å². The zero-order valence-corrected chi connectivity index (χ0v) is 8.26. The largest absolute Gasteiger partial charge is 0.384 e. The Kier molecular flexibility index (Phi) is 4.19. The molecule has 0 saturated carbocycles. The molecule has 15 heavy (non-hydrogen) atoms. The first-order chi connectivity index (χ1) is 7.27. The van der Waals surface area contributed by atoms with Crippen LogP contribution in [0.5, 0.6) is 0 Å². The lowest BCUT2D eigenvalue weighted by atomic mass is 10.2. The third-order valence-corrected chi connectivity index (χ3v) is 1.92. The number of unbranched alkanes of at least 4 members (excludes halogenated alkanes) is 1. The van der Waals surface area contributed by atoms with Crippen LogP contribution in [0.2, 0.25) is 0 Å². The van der Waals surface area contributed by atoms with Gasteiger partial charge in [-0.1, -0.05) is 0 Å². The van der Waals surface area contributed by atoms with Gasteiger partial charge in [-0.3, -0.25) is 0 Å². The second kappa shape index (κ2) is 5.67. The molecule has 0 saturated heterocycles. The van der Waals surface area contributed by atoms with E-state index in [-0.39, 0.29) is 0 Å². The molecular weight excluding hydrogens is 191 g/mol. The van der Waals surface area contributed by atoms with Crippen LogP contribution in [0.15, 0.2) is 18.2 Å². The highest BCUT2D eigenvalue weighted by molar-refractivity contribution is 5.57. The first-order valence-electron chi connectivity index (χ1n) is 4.65. The molecule has 0 atom stereocenters. The quantitative estimate of drug-likeness (QED) is 0.601. The predicted octanol–water partition coefficient (Wildman–Crippen LogP) is 2.52. The van der Waals surface area contributed by atoms with Gasteiger partial charge in [0.05, 0.1) is 11.3 Å². The maximum atomic E-state index is 12.8. The predicted molar refractivity (Wildman–Crippen MR) is 57.7 cm³/mol. The fourth-order valence-corrected chi connectivity index (χ4v) is 1.18. The summed E-state index contributed by atoms with van der Waals surface area (Å²) in [5, 5.41) is 11.8. The van der Waals surface area contributed by atoms with Crippen molar-refractivity contribution >= 4 is 5.69 Å². The molecule has 1 rings (SSSR count). The zero-order chi connectivity index (χ0) is 11.1. The Hall–Kier alpha value is -2.00. The van der Waals surface area contributed by atoms with Gasteiger partial charge in [0.1, 0.15) is 11.9 Å². The second-order valence-electron chi connectivity index (χ2n) is 3.04. The fraction of sp³-hybridized carbons (Fsp3) is 0.250. The van der Waals surface area contributed by atoms with E-state index in [1.165, 1.54) is 12.1 Å². The Labute approximate surface area is 88.7 Å². The molecule has 2 nitrogen and oxygen atoms in total. The van der Waals surface area contributed by atoms with E-state index in [2.05, 4.69) is 11.2 Å². The highest BCUT2D eigenvalue weighted by Crippen LogP contribution is 2.15. The number of benzene rings is 1. The van der Waals surface area contributed by atoms with Crippen molar-refractivity contribution in [3.8, 4) is 18.4 Å². The lowest BCUT2D eigenvalue weighted by molar-refractivity contribution is 0.627. The van der Waals surface area contributed by atoms with E-state index >= 15 is 0 Å². The van der Waals surface area contributed by atoms with Crippen molar-refractivity contribution in [2.45, 2.75) is 12.8 Å². The summed E-state index contributed by atoms with van der Waals surface area (Å²) in [6.45, 7) is 0.685. The molecule has 1 N–H and O–H groups in total. The number of rotatable bonds is 4.